The van der Waals surface area contributed by atoms with Gasteiger partial charge >= 0.3 is 0 Å². The Morgan fingerprint density at radius 3 is 2.29 bits per heavy atom. The lowest BCUT2D eigenvalue weighted by atomic mass is 9.98. The van der Waals surface area contributed by atoms with Gasteiger partial charge < -0.3 is 0 Å². The van der Waals surface area contributed by atoms with Crippen LogP contribution in [0.25, 0.3) is 0 Å². The Balaban J connectivity index is 2.07. The van der Waals surface area contributed by atoms with Crippen LogP contribution in [0.3, 0.4) is 0 Å². The normalized spacial score (nSPS) is 10.5. The van der Waals surface area contributed by atoms with Crippen LogP contribution >= 0.6 is 0 Å². The number of aryl methyl sites for hydroxylation is 4. The van der Waals surface area contributed by atoms with Crippen molar-refractivity contribution in [2.75, 3.05) is 0 Å². The molecule has 0 spiro atoms. The Labute approximate surface area is 104 Å². The summed E-state index contributed by atoms with van der Waals surface area (Å²) in [5.41, 5.74) is 5.78. The van der Waals surface area contributed by atoms with E-state index in [1.807, 2.05) is 0 Å². The van der Waals surface area contributed by atoms with Crippen molar-refractivity contribution in [3.8, 4) is 0 Å². The second-order valence-corrected chi connectivity index (χ2v) is 4.61. The average Bonchev–Trinajstić information content (AvgIpc) is 2.37. The van der Waals surface area contributed by atoms with Crippen molar-refractivity contribution in [3.63, 3.8) is 0 Å². The Kier molecular flexibility index (Phi) is 3.98. The maximum Gasteiger partial charge on any atom is -0.0236 e. The summed E-state index contributed by atoms with van der Waals surface area (Å²) in [5.74, 6) is 0. The van der Waals surface area contributed by atoms with Gasteiger partial charge in [0, 0.05) is 0 Å². The minimum absolute atomic E-state index is 1.13. The summed E-state index contributed by atoms with van der Waals surface area (Å²) >= 11 is 0. The van der Waals surface area contributed by atoms with Gasteiger partial charge in [-0.25, -0.2) is 0 Å². The van der Waals surface area contributed by atoms with Gasteiger partial charge in [-0.1, -0.05) is 61.0 Å². The van der Waals surface area contributed by atoms with Gasteiger partial charge in [0.15, 0.2) is 0 Å². The molecule has 17 heavy (non-hydrogen) atoms. The molecular formula is C17H20. The minimum atomic E-state index is 1.13. The highest BCUT2D eigenvalue weighted by Gasteiger charge is 2.00. The highest BCUT2D eigenvalue weighted by Crippen LogP contribution is 2.13. The third-order valence-electron chi connectivity index (χ3n) is 3.26. The SMILES string of the molecule is CCc1ccccc1CCc1cccc(C)c1. The van der Waals surface area contributed by atoms with Gasteiger partial charge in [-0.15, -0.1) is 0 Å². The highest BCUT2D eigenvalue weighted by atomic mass is 14.1. The van der Waals surface area contributed by atoms with Crippen LogP contribution in [-0.4, -0.2) is 0 Å². The first-order valence-electron chi connectivity index (χ1n) is 6.42. The molecule has 0 saturated carbocycles. The molecule has 0 atom stereocenters. The largest absolute Gasteiger partial charge is 0.0620 e. The fourth-order valence-electron chi connectivity index (χ4n) is 2.29. The van der Waals surface area contributed by atoms with Crippen LogP contribution in [0.5, 0.6) is 0 Å². The van der Waals surface area contributed by atoms with Crippen molar-refractivity contribution >= 4 is 0 Å². The van der Waals surface area contributed by atoms with Crippen LogP contribution in [0.4, 0.5) is 0 Å². The van der Waals surface area contributed by atoms with Crippen molar-refractivity contribution in [2.24, 2.45) is 0 Å². The molecule has 0 heterocycles. The molecule has 0 amide bonds. The number of hydrogen-bond acceptors (Lipinski definition) is 0. The fourth-order valence-corrected chi connectivity index (χ4v) is 2.29. The van der Waals surface area contributed by atoms with Crippen LogP contribution in [0.1, 0.15) is 29.2 Å². The molecule has 0 aromatic heterocycles. The summed E-state index contributed by atoms with van der Waals surface area (Å²) in [4.78, 5) is 0. The molecule has 0 bridgehead atoms. The van der Waals surface area contributed by atoms with Crippen molar-refractivity contribution < 1.29 is 0 Å². The van der Waals surface area contributed by atoms with E-state index in [9.17, 15) is 0 Å². The van der Waals surface area contributed by atoms with Gasteiger partial charge in [-0.05, 0) is 42.9 Å². The second kappa shape index (κ2) is 5.67. The van der Waals surface area contributed by atoms with E-state index >= 15 is 0 Å². The predicted octanol–water partition coefficient (Wildman–Crippen LogP) is 4.34. The Morgan fingerprint density at radius 1 is 0.824 bits per heavy atom. The van der Waals surface area contributed by atoms with E-state index in [0.717, 1.165) is 19.3 Å². The summed E-state index contributed by atoms with van der Waals surface area (Å²) in [6.07, 6.45) is 3.41. The summed E-state index contributed by atoms with van der Waals surface area (Å²) < 4.78 is 0. The maximum absolute atomic E-state index is 2.29. The molecule has 2 aromatic carbocycles. The zero-order valence-electron chi connectivity index (χ0n) is 10.7. The first-order chi connectivity index (χ1) is 8.29. The van der Waals surface area contributed by atoms with E-state index in [0.29, 0.717) is 0 Å². The van der Waals surface area contributed by atoms with Gasteiger partial charge in [-0.2, -0.15) is 0 Å². The van der Waals surface area contributed by atoms with E-state index in [4.69, 9.17) is 0 Å². The number of benzene rings is 2. The molecular weight excluding hydrogens is 204 g/mol. The van der Waals surface area contributed by atoms with Gasteiger partial charge in [0.05, 0.1) is 0 Å². The van der Waals surface area contributed by atoms with Crippen molar-refractivity contribution in [1.29, 1.82) is 0 Å². The molecule has 0 aliphatic rings. The lowest BCUT2D eigenvalue weighted by Gasteiger charge is -2.08. The molecule has 0 heteroatoms. The van der Waals surface area contributed by atoms with Crippen LogP contribution < -0.4 is 0 Å². The summed E-state index contributed by atoms with van der Waals surface area (Å²) in [7, 11) is 0. The van der Waals surface area contributed by atoms with E-state index in [1.54, 1.807) is 0 Å². The minimum Gasteiger partial charge on any atom is -0.0620 e. The topological polar surface area (TPSA) is 0 Å². The lowest BCUT2D eigenvalue weighted by molar-refractivity contribution is 0.929. The predicted molar refractivity (Wildman–Crippen MR) is 74.4 cm³/mol. The molecule has 0 saturated heterocycles. The van der Waals surface area contributed by atoms with Gasteiger partial charge in [0.25, 0.3) is 0 Å². The number of hydrogen-bond donors (Lipinski definition) is 0. The quantitative estimate of drug-likeness (QED) is 0.724. The van der Waals surface area contributed by atoms with Crippen molar-refractivity contribution in [1.82, 2.24) is 0 Å². The standard InChI is InChI=1S/C17H20/c1-3-16-9-4-5-10-17(16)12-11-15-8-6-7-14(2)13-15/h4-10,13H,3,11-12H2,1-2H3. The molecule has 0 fully saturated rings. The molecule has 0 aliphatic carbocycles. The summed E-state index contributed by atoms with van der Waals surface area (Å²) in [6, 6.07) is 17.6. The van der Waals surface area contributed by atoms with Crippen LogP contribution in [0.15, 0.2) is 48.5 Å². The molecule has 0 aliphatic heterocycles. The van der Waals surface area contributed by atoms with Crippen LogP contribution in [0, 0.1) is 6.92 Å². The second-order valence-electron chi connectivity index (χ2n) is 4.61. The Hall–Kier alpha value is -1.56. The highest BCUT2D eigenvalue weighted by molar-refractivity contribution is 5.29. The molecule has 2 rings (SSSR count). The van der Waals surface area contributed by atoms with Gasteiger partial charge in [0.1, 0.15) is 0 Å². The van der Waals surface area contributed by atoms with E-state index in [1.165, 1.54) is 22.3 Å². The smallest absolute Gasteiger partial charge is 0.0236 e. The maximum atomic E-state index is 2.29. The summed E-state index contributed by atoms with van der Waals surface area (Å²) in [6.45, 7) is 4.38. The first kappa shape index (κ1) is 11.9. The fraction of sp³-hybridized carbons (Fsp3) is 0.294. The monoisotopic (exact) mass is 224 g/mol. The molecule has 0 nitrogen and oxygen atoms in total. The molecule has 0 N–H and O–H groups in total. The van der Waals surface area contributed by atoms with E-state index < -0.39 is 0 Å². The third kappa shape index (κ3) is 3.20. The molecule has 88 valence electrons. The Bertz CT molecular complexity index is 483. The third-order valence-corrected chi connectivity index (χ3v) is 3.26. The van der Waals surface area contributed by atoms with Gasteiger partial charge in [-0.3, -0.25) is 0 Å². The first-order valence-corrected chi connectivity index (χ1v) is 6.42. The molecule has 0 radical (unpaired) electrons. The number of rotatable bonds is 4. The van der Waals surface area contributed by atoms with Crippen molar-refractivity contribution in [3.05, 3.63) is 70.8 Å². The lowest BCUT2D eigenvalue weighted by Crippen LogP contribution is -1.96. The zero-order valence-corrected chi connectivity index (χ0v) is 10.7. The van der Waals surface area contributed by atoms with Crippen LogP contribution in [0.2, 0.25) is 0 Å². The molecule has 2 aromatic rings. The Morgan fingerprint density at radius 2 is 1.59 bits per heavy atom. The zero-order chi connectivity index (χ0) is 12.1. The summed E-state index contributed by atoms with van der Waals surface area (Å²) in [5, 5.41) is 0. The van der Waals surface area contributed by atoms with E-state index in [2.05, 4.69) is 62.4 Å². The molecule has 0 unspecified atom stereocenters. The van der Waals surface area contributed by atoms with Crippen molar-refractivity contribution in [2.45, 2.75) is 33.1 Å². The average molecular weight is 224 g/mol. The van der Waals surface area contributed by atoms with Gasteiger partial charge in [0.2, 0.25) is 0 Å². The van der Waals surface area contributed by atoms with Crippen LogP contribution in [-0.2, 0) is 19.3 Å². The van der Waals surface area contributed by atoms with E-state index in [-0.39, 0.29) is 0 Å².